The van der Waals surface area contributed by atoms with Gasteiger partial charge in [-0.2, -0.15) is 0 Å². The van der Waals surface area contributed by atoms with Crippen LogP contribution in [0.15, 0.2) is 0 Å². The molecule has 2 fully saturated rings. The predicted molar refractivity (Wildman–Crippen MR) is 68.9 cm³/mol. The lowest BCUT2D eigenvalue weighted by atomic mass is 9.98. The zero-order chi connectivity index (χ0) is 13.3. The van der Waals surface area contributed by atoms with E-state index >= 15 is 0 Å². The minimum atomic E-state index is -0.574. The Hall–Kier alpha value is -1.10. The second-order valence-corrected chi connectivity index (χ2v) is 6.03. The summed E-state index contributed by atoms with van der Waals surface area (Å²) in [7, 11) is 1.94. The Balaban J connectivity index is 2.01. The number of imide groups is 1. The van der Waals surface area contributed by atoms with Crippen LogP contribution in [0.2, 0.25) is 0 Å². The average Bonchev–Trinajstić information content (AvgIpc) is 2.80. The Kier molecular flexibility index (Phi) is 3.61. The van der Waals surface area contributed by atoms with Gasteiger partial charge in [0.1, 0.15) is 5.54 Å². The zero-order valence-corrected chi connectivity index (χ0v) is 11.5. The Labute approximate surface area is 108 Å². The topological polar surface area (TPSA) is 52.6 Å². The summed E-state index contributed by atoms with van der Waals surface area (Å²) < 4.78 is 0. The average molecular weight is 253 g/mol. The van der Waals surface area contributed by atoms with Gasteiger partial charge in [0.15, 0.2) is 0 Å². The summed E-state index contributed by atoms with van der Waals surface area (Å²) in [6.45, 7) is 5.52. The first kappa shape index (κ1) is 13.3. The van der Waals surface area contributed by atoms with Gasteiger partial charge in [0.2, 0.25) is 0 Å². The number of nitrogens with zero attached hydrogens (tertiary/aromatic N) is 2. The maximum Gasteiger partial charge on any atom is 0.326 e. The van der Waals surface area contributed by atoms with Crippen LogP contribution in [0.25, 0.3) is 0 Å². The van der Waals surface area contributed by atoms with Crippen molar-refractivity contribution >= 4 is 11.9 Å². The van der Waals surface area contributed by atoms with Crippen LogP contribution < -0.4 is 5.32 Å². The molecule has 0 aromatic carbocycles. The number of carbonyl (C=O) groups excluding carboxylic acids is 2. The smallest absolute Gasteiger partial charge is 0.323 e. The van der Waals surface area contributed by atoms with Gasteiger partial charge in [0.25, 0.3) is 5.91 Å². The number of hydrogen-bond donors (Lipinski definition) is 1. The van der Waals surface area contributed by atoms with Gasteiger partial charge in [-0.15, -0.1) is 0 Å². The molecule has 2 aliphatic rings. The van der Waals surface area contributed by atoms with Crippen molar-refractivity contribution in [1.82, 2.24) is 15.1 Å². The molecule has 1 spiro atoms. The third kappa shape index (κ3) is 2.36. The van der Waals surface area contributed by atoms with Gasteiger partial charge in [-0.3, -0.25) is 9.69 Å². The monoisotopic (exact) mass is 253 g/mol. The molecular weight excluding hydrogens is 230 g/mol. The van der Waals surface area contributed by atoms with Crippen molar-refractivity contribution in [2.24, 2.45) is 5.92 Å². The summed E-state index contributed by atoms with van der Waals surface area (Å²) in [5.74, 6) is 0.497. The fraction of sp³-hybridized carbons (Fsp3) is 0.846. The molecule has 1 aliphatic heterocycles. The van der Waals surface area contributed by atoms with Crippen molar-refractivity contribution < 1.29 is 9.59 Å². The summed E-state index contributed by atoms with van der Waals surface area (Å²) in [4.78, 5) is 27.7. The quantitative estimate of drug-likeness (QED) is 0.770. The van der Waals surface area contributed by atoms with Crippen LogP contribution in [0.4, 0.5) is 4.79 Å². The highest BCUT2D eigenvalue weighted by Crippen LogP contribution is 2.34. The number of urea groups is 1. The Bertz CT molecular complexity index is 348. The summed E-state index contributed by atoms with van der Waals surface area (Å²) in [5, 5.41) is 2.90. The van der Waals surface area contributed by atoms with E-state index in [0.29, 0.717) is 12.6 Å². The molecule has 18 heavy (non-hydrogen) atoms. The molecule has 0 unspecified atom stereocenters. The molecule has 1 aliphatic carbocycles. The maximum atomic E-state index is 12.4. The van der Waals surface area contributed by atoms with E-state index in [2.05, 4.69) is 19.2 Å². The van der Waals surface area contributed by atoms with Gasteiger partial charge < -0.3 is 5.32 Å². The molecule has 5 heteroatoms. The van der Waals surface area contributed by atoms with E-state index in [4.69, 9.17) is 0 Å². The zero-order valence-electron chi connectivity index (χ0n) is 11.5. The number of rotatable bonds is 4. The third-order valence-electron chi connectivity index (χ3n) is 3.76. The normalized spacial score (nSPS) is 22.6. The molecule has 5 nitrogen and oxygen atoms in total. The highest BCUT2D eigenvalue weighted by molar-refractivity contribution is 6.07. The molecule has 0 atom stereocenters. The molecule has 1 heterocycles. The minimum Gasteiger partial charge on any atom is -0.323 e. The highest BCUT2D eigenvalue weighted by Gasteiger charge is 2.52. The molecule has 0 bridgehead atoms. The van der Waals surface area contributed by atoms with Crippen molar-refractivity contribution in [3.63, 3.8) is 0 Å². The lowest BCUT2D eigenvalue weighted by molar-refractivity contribution is -0.132. The van der Waals surface area contributed by atoms with E-state index in [1.807, 2.05) is 11.9 Å². The highest BCUT2D eigenvalue weighted by atomic mass is 16.2. The van der Waals surface area contributed by atoms with Gasteiger partial charge in [0.05, 0.1) is 6.67 Å². The van der Waals surface area contributed by atoms with Gasteiger partial charge >= 0.3 is 6.03 Å². The SMILES string of the molecule is CC(C)CN(C)CN1C(=O)NC2(CCCC2)C1=O. The van der Waals surface area contributed by atoms with E-state index < -0.39 is 5.54 Å². The van der Waals surface area contributed by atoms with Gasteiger partial charge in [-0.25, -0.2) is 9.69 Å². The van der Waals surface area contributed by atoms with Crippen LogP contribution in [-0.4, -0.2) is 47.5 Å². The Morgan fingerprint density at radius 2 is 1.94 bits per heavy atom. The largest absolute Gasteiger partial charge is 0.326 e. The van der Waals surface area contributed by atoms with Crippen LogP contribution >= 0.6 is 0 Å². The molecule has 1 saturated carbocycles. The second kappa shape index (κ2) is 4.88. The molecule has 0 radical (unpaired) electrons. The molecule has 0 aromatic heterocycles. The van der Waals surface area contributed by atoms with Crippen LogP contribution in [0.3, 0.4) is 0 Å². The molecule has 0 aromatic rings. The van der Waals surface area contributed by atoms with Crippen LogP contribution in [0, 0.1) is 5.92 Å². The number of hydrogen-bond acceptors (Lipinski definition) is 3. The molecule has 102 valence electrons. The van der Waals surface area contributed by atoms with E-state index in [0.717, 1.165) is 32.2 Å². The molecule has 1 N–H and O–H groups in total. The Morgan fingerprint density at radius 3 is 2.50 bits per heavy atom. The summed E-state index contributed by atoms with van der Waals surface area (Å²) in [5.41, 5.74) is -0.574. The standard InChI is InChI=1S/C13H23N3O2/c1-10(2)8-15(3)9-16-11(17)13(14-12(16)18)6-4-5-7-13/h10H,4-9H2,1-3H3,(H,14,18). The summed E-state index contributed by atoms with van der Waals surface area (Å²) in [6, 6.07) is -0.225. The van der Waals surface area contributed by atoms with Gasteiger partial charge in [0, 0.05) is 6.54 Å². The summed E-state index contributed by atoms with van der Waals surface area (Å²) in [6.07, 6.45) is 3.65. The Morgan fingerprint density at radius 1 is 1.33 bits per heavy atom. The van der Waals surface area contributed by atoms with Crippen LogP contribution in [0.1, 0.15) is 39.5 Å². The van der Waals surface area contributed by atoms with Crippen molar-refractivity contribution in [3.05, 3.63) is 0 Å². The molecular formula is C13H23N3O2. The first-order chi connectivity index (χ1) is 8.44. The van der Waals surface area contributed by atoms with E-state index in [1.54, 1.807) is 0 Å². The fourth-order valence-electron chi connectivity index (χ4n) is 3.04. The lowest BCUT2D eigenvalue weighted by Gasteiger charge is -2.25. The maximum absolute atomic E-state index is 12.4. The number of nitrogens with one attached hydrogen (secondary N) is 1. The van der Waals surface area contributed by atoms with Crippen LogP contribution in [-0.2, 0) is 4.79 Å². The fourth-order valence-corrected chi connectivity index (χ4v) is 3.04. The third-order valence-corrected chi connectivity index (χ3v) is 3.76. The first-order valence-electron chi connectivity index (χ1n) is 6.77. The van der Waals surface area contributed by atoms with Gasteiger partial charge in [-0.05, 0) is 25.8 Å². The van der Waals surface area contributed by atoms with Crippen molar-refractivity contribution in [3.8, 4) is 0 Å². The van der Waals surface area contributed by atoms with E-state index in [9.17, 15) is 9.59 Å². The van der Waals surface area contributed by atoms with Gasteiger partial charge in [-0.1, -0.05) is 26.7 Å². The van der Waals surface area contributed by atoms with Crippen molar-refractivity contribution in [1.29, 1.82) is 0 Å². The number of carbonyl (C=O) groups is 2. The van der Waals surface area contributed by atoms with Crippen LogP contribution in [0.5, 0.6) is 0 Å². The molecule has 3 amide bonds. The van der Waals surface area contributed by atoms with E-state index in [-0.39, 0.29) is 11.9 Å². The second-order valence-electron chi connectivity index (χ2n) is 6.03. The van der Waals surface area contributed by atoms with Crippen molar-refractivity contribution in [2.75, 3.05) is 20.3 Å². The molecule has 1 saturated heterocycles. The number of amides is 3. The van der Waals surface area contributed by atoms with Crippen molar-refractivity contribution in [2.45, 2.75) is 45.1 Å². The van der Waals surface area contributed by atoms with E-state index in [1.165, 1.54) is 4.90 Å². The lowest BCUT2D eigenvalue weighted by Crippen LogP contribution is -2.45. The summed E-state index contributed by atoms with van der Waals surface area (Å²) >= 11 is 0. The minimum absolute atomic E-state index is 0.0272. The first-order valence-corrected chi connectivity index (χ1v) is 6.77. The molecule has 2 rings (SSSR count). The predicted octanol–water partition coefficient (Wildman–Crippen LogP) is 1.40.